The van der Waals surface area contributed by atoms with E-state index in [1.165, 1.54) is 36.8 Å². The minimum absolute atomic E-state index is 0.609. The van der Waals surface area contributed by atoms with E-state index in [-0.39, 0.29) is 0 Å². The van der Waals surface area contributed by atoms with Crippen molar-refractivity contribution >= 4 is 5.95 Å². The molecule has 1 aliphatic carbocycles. The van der Waals surface area contributed by atoms with E-state index in [4.69, 9.17) is 0 Å². The highest BCUT2D eigenvalue weighted by atomic mass is 15.2. The average molecular weight is 255 g/mol. The molecule has 0 saturated heterocycles. The lowest BCUT2D eigenvalue weighted by Gasteiger charge is -2.15. The van der Waals surface area contributed by atoms with Crippen LogP contribution in [0.15, 0.2) is 36.7 Å². The topological polar surface area (TPSA) is 29.9 Å². The van der Waals surface area contributed by atoms with Crippen LogP contribution < -0.4 is 5.32 Å². The fourth-order valence-corrected chi connectivity index (χ4v) is 2.80. The molecule has 3 rings (SSSR count). The van der Waals surface area contributed by atoms with Crippen molar-refractivity contribution in [2.24, 2.45) is 0 Å². The molecule has 0 amide bonds. The number of nitrogens with zero attached hydrogens (tertiary/aromatic N) is 2. The molecule has 0 spiro atoms. The molecule has 0 unspecified atom stereocenters. The van der Waals surface area contributed by atoms with E-state index in [1.54, 1.807) is 0 Å². The van der Waals surface area contributed by atoms with Gasteiger partial charge in [-0.1, -0.05) is 37.1 Å². The first-order chi connectivity index (χ1) is 9.33. The fourth-order valence-electron chi connectivity index (χ4n) is 2.80. The molecule has 1 heterocycles. The first-order valence-corrected chi connectivity index (χ1v) is 7.15. The molecule has 0 aliphatic heterocycles. The third kappa shape index (κ3) is 2.80. The zero-order valence-corrected chi connectivity index (χ0v) is 11.5. The summed E-state index contributed by atoms with van der Waals surface area (Å²) >= 11 is 0. The maximum atomic E-state index is 4.46. The zero-order chi connectivity index (χ0) is 13.1. The van der Waals surface area contributed by atoms with Crippen molar-refractivity contribution < 1.29 is 0 Å². The summed E-state index contributed by atoms with van der Waals surface area (Å²) in [6.45, 7) is 3.05. The quantitative estimate of drug-likeness (QED) is 0.904. The van der Waals surface area contributed by atoms with Gasteiger partial charge in [0, 0.05) is 18.4 Å². The van der Waals surface area contributed by atoms with Crippen molar-refractivity contribution in [3.05, 3.63) is 47.8 Å². The third-order valence-electron chi connectivity index (χ3n) is 4.01. The van der Waals surface area contributed by atoms with Crippen LogP contribution >= 0.6 is 0 Å². The molecule has 3 heteroatoms. The van der Waals surface area contributed by atoms with Gasteiger partial charge in [0.15, 0.2) is 0 Å². The molecule has 1 aromatic carbocycles. The standard InChI is InChI=1S/C16H21N3/c1-13-6-2-3-7-14(13)12-19-11-10-17-16(19)18-15-8-4-5-9-15/h2-3,6-7,10-11,15H,4-5,8-9,12H2,1H3,(H,17,18). The van der Waals surface area contributed by atoms with Gasteiger partial charge in [-0.25, -0.2) is 4.98 Å². The maximum Gasteiger partial charge on any atom is 0.203 e. The second-order valence-corrected chi connectivity index (χ2v) is 5.43. The number of hydrogen-bond donors (Lipinski definition) is 1. The Bertz CT molecular complexity index is 538. The van der Waals surface area contributed by atoms with Crippen LogP contribution in [0.3, 0.4) is 0 Å². The molecule has 1 aliphatic rings. The van der Waals surface area contributed by atoms with E-state index < -0.39 is 0 Å². The van der Waals surface area contributed by atoms with Crippen molar-refractivity contribution in [1.82, 2.24) is 9.55 Å². The van der Waals surface area contributed by atoms with Gasteiger partial charge in [0.2, 0.25) is 5.95 Å². The summed E-state index contributed by atoms with van der Waals surface area (Å²) < 4.78 is 2.21. The summed E-state index contributed by atoms with van der Waals surface area (Å²) in [5.74, 6) is 1.01. The highest BCUT2D eigenvalue weighted by Gasteiger charge is 2.16. The van der Waals surface area contributed by atoms with E-state index in [0.717, 1.165) is 12.5 Å². The van der Waals surface area contributed by atoms with Crippen LogP contribution in [0.25, 0.3) is 0 Å². The number of imidazole rings is 1. The number of aromatic nitrogens is 2. The highest BCUT2D eigenvalue weighted by molar-refractivity contribution is 5.32. The Balaban J connectivity index is 1.74. The van der Waals surface area contributed by atoms with E-state index in [0.29, 0.717) is 6.04 Å². The lowest BCUT2D eigenvalue weighted by Crippen LogP contribution is -2.18. The minimum atomic E-state index is 0.609. The van der Waals surface area contributed by atoms with Crippen LogP contribution in [-0.2, 0) is 6.54 Å². The van der Waals surface area contributed by atoms with Crippen LogP contribution in [-0.4, -0.2) is 15.6 Å². The summed E-state index contributed by atoms with van der Waals surface area (Å²) in [5.41, 5.74) is 2.69. The van der Waals surface area contributed by atoms with Gasteiger partial charge in [-0.2, -0.15) is 0 Å². The predicted molar refractivity (Wildman–Crippen MR) is 78.4 cm³/mol. The molecule has 1 N–H and O–H groups in total. The highest BCUT2D eigenvalue weighted by Crippen LogP contribution is 2.22. The zero-order valence-electron chi connectivity index (χ0n) is 11.5. The third-order valence-corrected chi connectivity index (χ3v) is 4.01. The number of anilines is 1. The monoisotopic (exact) mass is 255 g/mol. The number of aryl methyl sites for hydroxylation is 1. The number of nitrogens with one attached hydrogen (secondary N) is 1. The normalized spacial score (nSPS) is 15.8. The van der Waals surface area contributed by atoms with Crippen LogP contribution in [0, 0.1) is 6.92 Å². The summed E-state index contributed by atoms with van der Waals surface area (Å²) in [6.07, 6.45) is 9.18. The lowest BCUT2D eigenvalue weighted by molar-refractivity contribution is 0.715. The van der Waals surface area contributed by atoms with Crippen LogP contribution in [0.1, 0.15) is 36.8 Å². The Morgan fingerprint density at radius 1 is 1.26 bits per heavy atom. The molecule has 100 valence electrons. The van der Waals surface area contributed by atoms with Gasteiger partial charge in [-0.3, -0.25) is 0 Å². The molecule has 1 saturated carbocycles. The average Bonchev–Trinajstić information content (AvgIpc) is 3.06. The fraction of sp³-hybridized carbons (Fsp3) is 0.438. The number of hydrogen-bond acceptors (Lipinski definition) is 2. The molecular formula is C16H21N3. The maximum absolute atomic E-state index is 4.46. The minimum Gasteiger partial charge on any atom is -0.353 e. The second kappa shape index (κ2) is 5.47. The SMILES string of the molecule is Cc1ccccc1Cn1ccnc1NC1CCCC1. The molecule has 1 aromatic heterocycles. The largest absolute Gasteiger partial charge is 0.353 e. The first kappa shape index (κ1) is 12.3. The van der Waals surface area contributed by atoms with Gasteiger partial charge in [-0.05, 0) is 30.9 Å². The smallest absolute Gasteiger partial charge is 0.203 e. The Kier molecular flexibility index (Phi) is 3.53. The van der Waals surface area contributed by atoms with E-state index in [9.17, 15) is 0 Å². The molecule has 2 aromatic rings. The second-order valence-electron chi connectivity index (χ2n) is 5.43. The van der Waals surface area contributed by atoms with Gasteiger partial charge >= 0.3 is 0 Å². The van der Waals surface area contributed by atoms with Gasteiger partial charge < -0.3 is 9.88 Å². The van der Waals surface area contributed by atoms with Gasteiger partial charge in [-0.15, -0.1) is 0 Å². The van der Waals surface area contributed by atoms with Crippen LogP contribution in [0.5, 0.6) is 0 Å². The van der Waals surface area contributed by atoms with Crippen molar-refractivity contribution in [2.45, 2.75) is 45.2 Å². The molecule has 3 nitrogen and oxygen atoms in total. The van der Waals surface area contributed by atoms with Crippen LogP contribution in [0.4, 0.5) is 5.95 Å². The molecule has 0 atom stereocenters. The Labute approximate surface area is 114 Å². The summed E-state index contributed by atoms with van der Waals surface area (Å²) in [6, 6.07) is 9.15. The Morgan fingerprint density at radius 3 is 2.84 bits per heavy atom. The molecular weight excluding hydrogens is 234 g/mol. The number of rotatable bonds is 4. The van der Waals surface area contributed by atoms with E-state index in [1.807, 2.05) is 6.20 Å². The van der Waals surface area contributed by atoms with Crippen molar-refractivity contribution in [1.29, 1.82) is 0 Å². The predicted octanol–water partition coefficient (Wildman–Crippen LogP) is 3.59. The van der Waals surface area contributed by atoms with Crippen LogP contribution in [0.2, 0.25) is 0 Å². The van der Waals surface area contributed by atoms with Gasteiger partial charge in [0.1, 0.15) is 0 Å². The molecule has 1 fully saturated rings. The van der Waals surface area contributed by atoms with Crippen molar-refractivity contribution in [2.75, 3.05) is 5.32 Å². The first-order valence-electron chi connectivity index (χ1n) is 7.15. The van der Waals surface area contributed by atoms with Crippen molar-refractivity contribution in [3.63, 3.8) is 0 Å². The van der Waals surface area contributed by atoms with Gasteiger partial charge in [0.05, 0.1) is 6.54 Å². The number of benzene rings is 1. The van der Waals surface area contributed by atoms with E-state index in [2.05, 4.69) is 52.3 Å². The summed E-state index contributed by atoms with van der Waals surface area (Å²) in [5, 5.41) is 3.58. The molecule has 0 bridgehead atoms. The summed E-state index contributed by atoms with van der Waals surface area (Å²) in [7, 11) is 0. The molecule has 19 heavy (non-hydrogen) atoms. The molecule has 0 radical (unpaired) electrons. The van der Waals surface area contributed by atoms with E-state index >= 15 is 0 Å². The van der Waals surface area contributed by atoms with Crippen molar-refractivity contribution in [3.8, 4) is 0 Å². The Hall–Kier alpha value is -1.77. The lowest BCUT2D eigenvalue weighted by atomic mass is 10.1. The Morgan fingerprint density at radius 2 is 2.05 bits per heavy atom. The van der Waals surface area contributed by atoms with Gasteiger partial charge in [0.25, 0.3) is 0 Å². The summed E-state index contributed by atoms with van der Waals surface area (Å²) in [4.78, 5) is 4.46.